The number of hydrogen-bond acceptors (Lipinski definition) is 5. The number of amides is 2. The molecule has 0 bridgehead atoms. The van der Waals surface area contributed by atoms with Crippen molar-refractivity contribution in [3.63, 3.8) is 0 Å². The number of carboxylic acids is 1. The van der Waals surface area contributed by atoms with E-state index in [2.05, 4.69) is 27.8 Å². The van der Waals surface area contributed by atoms with Crippen LogP contribution in [-0.4, -0.2) is 32.8 Å². The highest BCUT2D eigenvalue weighted by Gasteiger charge is 2.22. The number of nitrogens with one attached hydrogen (secondary N) is 2. The summed E-state index contributed by atoms with van der Waals surface area (Å²) >= 11 is 1.36. The van der Waals surface area contributed by atoms with Gasteiger partial charge in [0.05, 0.1) is 0 Å². The van der Waals surface area contributed by atoms with Crippen LogP contribution < -0.4 is 10.6 Å². The Kier molecular flexibility index (Phi) is 6.54. The van der Waals surface area contributed by atoms with Crippen molar-refractivity contribution in [2.24, 2.45) is 0 Å². The summed E-state index contributed by atoms with van der Waals surface area (Å²) in [6.45, 7) is 5.66. The molecule has 0 aliphatic heterocycles. The van der Waals surface area contributed by atoms with Crippen LogP contribution in [0.5, 0.6) is 0 Å². The summed E-state index contributed by atoms with van der Waals surface area (Å²) in [5, 5.41) is 23.3. The summed E-state index contributed by atoms with van der Waals surface area (Å²) in [5.74, 6) is -0.880. The number of anilines is 1. The standard InChI is InChI=1S/C13H22N4O3S/c1-4-5-6-9-16-17-12(21-9)14-11(20)15-13(2,3)8-7-10(18)19/h4-8H2,1-3H3,(H,18,19)(H2,14,15,17,20). The zero-order valence-electron chi connectivity index (χ0n) is 12.6. The monoisotopic (exact) mass is 314 g/mol. The summed E-state index contributed by atoms with van der Waals surface area (Å²) < 4.78 is 0. The van der Waals surface area contributed by atoms with E-state index in [4.69, 9.17) is 5.11 Å². The van der Waals surface area contributed by atoms with Crippen molar-refractivity contribution < 1.29 is 14.7 Å². The Bertz CT molecular complexity index is 488. The molecule has 1 aromatic heterocycles. The van der Waals surface area contributed by atoms with Gasteiger partial charge < -0.3 is 10.4 Å². The molecule has 0 atom stereocenters. The average molecular weight is 314 g/mol. The number of nitrogens with zero attached hydrogens (tertiary/aromatic N) is 2. The third kappa shape index (κ3) is 7.03. The van der Waals surface area contributed by atoms with Crippen LogP contribution in [0.15, 0.2) is 0 Å². The number of urea groups is 1. The molecule has 0 aromatic carbocycles. The molecule has 7 nitrogen and oxygen atoms in total. The Labute approximate surface area is 128 Å². The Morgan fingerprint density at radius 1 is 1.33 bits per heavy atom. The van der Waals surface area contributed by atoms with Gasteiger partial charge in [-0.15, -0.1) is 10.2 Å². The minimum absolute atomic E-state index is 0.00720. The number of aliphatic carboxylic acids is 1. The molecule has 0 radical (unpaired) electrons. The van der Waals surface area contributed by atoms with Gasteiger partial charge in [0.2, 0.25) is 5.13 Å². The lowest BCUT2D eigenvalue weighted by atomic mass is 9.99. The van der Waals surface area contributed by atoms with Crippen LogP contribution in [0.25, 0.3) is 0 Å². The molecule has 1 rings (SSSR count). The fourth-order valence-corrected chi connectivity index (χ4v) is 2.43. The lowest BCUT2D eigenvalue weighted by Gasteiger charge is -2.25. The summed E-state index contributed by atoms with van der Waals surface area (Å²) in [7, 11) is 0. The highest BCUT2D eigenvalue weighted by molar-refractivity contribution is 7.15. The number of aryl methyl sites for hydroxylation is 1. The normalized spacial score (nSPS) is 11.2. The van der Waals surface area contributed by atoms with Gasteiger partial charge in [0.1, 0.15) is 5.01 Å². The summed E-state index contributed by atoms with van der Waals surface area (Å²) in [4.78, 5) is 22.4. The first-order valence-electron chi connectivity index (χ1n) is 6.96. The van der Waals surface area contributed by atoms with Crippen LogP contribution in [0.3, 0.4) is 0 Å². The first-order chi connectivity index (χ1) is 9.82. The van der Waals surface area contributed by atoms with Gasteiger partial charge in [-0.1, -0.05) is 24.7 Å². The van der Waals surface area contributed by atoms with Crippen molar-refractivity contribution in [3.05, 3.63) is 5.01 Å². The zero-order valence-corrected chi connectivity index (χ0v) is 13.4. The van der Waals surface area contributed by atoms with Crippen LogP contribution in [0, 0.1) is 0 Å². The first kappa shape index (κ1) is 17.4. The lowest BCUT2D eigenvalue weighted by Crippen LogP contribution is -2.45. The van der Waals surface area contributed by atoms with Crippen molar-refractivity contribution in [2.75, 3.05) is 5.32 Å². The van der Waals surface area contributed by atoms with Gasteiger partial charge in [-0.3, -0.25) is 10.1 Å². The summed E-state index contributed by atoms with van der Waals surface area (Å²) in [6, 6.07) is -0.399. The maximum Gasteiger partial charge on any atom is 0.321 e. The predicted molar refractivity (Wildman–Crippen MR) is 81.6 cm³/mol. The third-order valence-corrected chi connectivity index (χ3v) is 3.75. The number of hydrogen-bond donors (Lipinski definition) is 3. The van der Waals surface area contributed by atoms with Gasteiger partial charge >= 0.3 is 12.0 Å². The van der Waals surface area contributed by atoms with Crippen molar-refractivity contribution in [1.29, 1.82) is 0 Å². The molecule has 2 amide bonds. The van der Waals surface area contributed by atoms with E-state index in [1.807, 2.05) is 0 Å². The zero-order chi connectivity index (χ0) is 15.9. The van der Waals surface area contributed by atoms with Gasteiger partial charge in [-0.2, -0.15) is 0 Å². The Balaban J connectivity index is 2.45. The molecule has 0 aliphatic carbocycles. The SMILES string of the molecule is CCCCc1nnc(NC(=O)NC(C)(C)CCC(=O)O)s1. The summed E-state index contributed by atoms with van der Waals surface area (Å²) in [6.07, 6.45) is 3.35. The topological polar surface area (TPSA) is 104 Å². The summed E-state index contributed by atoms with van der Waals surface area (Å²) in [5.41, 5.74) is -0.599. The fraction of sp³-hybridized carbons (Fsp3) is 0.692. The number of rotatable bonds is 8. The highest BCUT2D eigenvalue weighted by atomic mass is 32.1. The van der Waals surface area contributed by atoms with E-state index in [1.165, 1.54) is 11.3 Å². The Hall–Kier alpha value is -1.70. The Morgan fingerprint density at radius 2 is 2.05 bits per heavy atom. The molecule has 1 aromatic rings. The van der Waals surface area contributed by atoms with E-state index in [0.717, 1.165) is 24.3 Å². The van der Waals surface area contributed by atoms with E-state index in [-0.39, 0.29) is 6.42 Å². The lowest BCUT2D eigenvalue weighted by molar-refractivity contribution is -0.137. The van der Waals surface area contributed by atoms with E-state index in [9.17, 15) is 9.59 Å². The van der Waals surface area contributed by atoms with Crippen LogP contribution in [0.1, 0.15) is 51.5 Å². The molecule has 3 N–H and O–H groups in total. The molecule has 0 spiro atoms. The maximum absolute atomic E-state index is 11.9. The third-order valence-electron chi connectivity index (χ3n) is 2.85. The molecule has 0 aliphatic rings. The van der Waals surface area contributed by atoms with Crippen molar-refractivity contribution >= 4 is 28.5 Å². The second-order valence-electron chi connectivity index (χ2n) is 5.46. The number of aromatic nitrogens is 2. The van der Waals surface area contributed by atoms with Gasteiger partial charge in [0, 0.05) is 18.4 Å². The van der Waals surface area contributed by atoms with Crippen LogP contribution in [-0.2, 0) is 11.2 Å². The van der Waals surface area contributed by atoms with Gasteiger partial charge in [0.25, 0.3) is 0 Å². The van der Waals surface area contributed by atoms with E-state index < -0.39 is 17.5 Å². The minimum Gasteiger partial charge on any atom is -0.481 e. The van der Waals surface area contributed by atoms with Crippen LogP contribution in [0.4, 0.5) is 9.93 Å². The van der Waals surface area contributed by atoms with Gasteiger partial charge in [0.15, 0.2) is 0 Å². The van der Waals surface area contributed by atoms with E-state index in [1.54, 1.807) is 13.8 Å². The van der Waals surface area contributed by atoms with Gasteiger partial charge in [-0.25, -0.2) is 4.79 Å². The van der Waals surface area contributed by atoms with Gasteiger partial charge in [-0.05, 0) is 26.7 Å². The number of carboxylic acid groups (broad SMARTS) is 1. The number of unbranched alkanes of at least 4 members (excludes halogenated alkanes) is 1. The molecule has 0 saturated heterocycles. The minimum atomic E-state index is -0.880. The molecular formula is C13H22N4O3S. The van der Waals surface area contributed by atoms with Crippen molar-refractivity contribution in [3.8, 4) is 0 Å². The van der Waals surface area contributed by atoms with Crippen LogP contribution >= 0.6 is 11.3 Å². The number of carbonyl (C=O) groups is 2. The predicted octanol–water partition coefficient (Wildman–Crippen LogP) is 2.65. The van der Waals surface area contributed by atoms with E-state index >= 15 is 0 Å². The van der Waals surface area contributed by atoms with Crippen LogP contribution in [0.2, 0.25) is 0 Å². The molecular weight excluding hydrogens is 292 g/mol. The molecule has 8 heteroatoms. The maximum atomic E-state index is 11.9. The molecule has 118 valence electrons. The highest BCUT2D eigenvalue weighted by Crippen LogP contribution is 2.17. The van der Waals surface area contributed by atoms with Crippen molar-refractivity contribution in [2.45, 2.75) is 58.4 Å². The number of carbonyl (C=O) groups excluding carboxylic acids is 1. The molecule has 0 unspecified atom stereocenters. The van der Waals surface area contributed by atoms with Crippen molar-refractivity contribution in [1.82, 2.24) is 15.5 Å². The molecule has 1 heterocycles. The molecule has 0 saturated carbocycles. The van der Waals surface area contributed by atoms with E-state index in [0.29, 0.717) is 11.6 Å². The Morgan fingerprint density at radius 3 is 2.67 bits per heavy atom. The first-order valence-corrected chi connectivity index (χ1v) is 7.77. The fourth-order valence-electron chi connectivity index (χ4n) is 1.65. The largest absolute Gasteiger partial charge is 0.481 e. The quantitative estimate of drug-likeness (QED) is 0.684. The second kappa shape index (κ2) is 7.92. The second-order valence-corrected chi connectivity index (χ2v) is 6.52. The smallest absolute Gasteiger partial charge is 0.321 e. The molecule has 21 heavy (non-hydrogen) atoms. The molecule has 0 fully saturated rings. The average Bonchev–Trinajstić information content (AvgIpc) is 2.81.